The van der Waals surface area contributed by atoms with Crippen molar-refractivity contribution >= 4 is 21.6 Å². The van der Waals surface area contributed by atoms with E-state index >= 15 is 0 Å². The van der Waals surface area contributed by atoms with Crippen molar-refractivity contribution < 1.29 is 17.9 Å². The molecule has 0 aliphatic rings. The summed E-state index contributed by atoms with van der Waals surface area (Å²) in [7, 11) is -4.00. The summed E-state index contributed by atoms with van der Waals surface area (Å²) in [5, 5.41) is 9.04. The zero-order valence-corrected chi connectivity index (χ0v) is 12.6. The van der Waals surface area contributed by atoms with E-state index in [1.54, 1.807) is 0 Å². The van der Waals surface area contributed by atoms with E-state index in [0.717, 1.165) is 6.07 Å². The first kappa shape index (κ1) is 16.4. The fourth-order valence-corrected chi connectivity index (χ4v) is 3.05. The molecule has 0 atom stereocenters. The fraction of sp³-hybridized carbons (Fsp3) is 0.500. The zero-order chi connectivity index (χ0) is 14.8. The number of benzene rings is 1. The summed E-state index contributed by atoms with van der Waals surface area (Å²) in [6, 6.07) is 2.22. The van der Waals surface area contributed by atoms with E-state index < -0.39 is 27.3 Å². The van der Waals surface area contributed by atoms with Gasteiger partial charge in [-0.3, -0.25) is 0 Å². The Labute approximate surface area is 117 Å². The highest BCUT2D eigenvalue weighted by Crippen LogP contribution is 2.24. The normalized spacial score (nSPS) is 12.7. The van der Waals surface area contributed by atoms with Crippen LogP contribution < -0.4 is 4.72 Å². The SMILES string of the molecule is CC(C)(C)CNS(=O)(=O)c1cc(Cl)cc(CO)c1F. The molecule has 7 heteroatoms. The minimum absolute atomic E-state index is 0.0570. The average Bonchev–Trinajstić information content (AvgIpc) is 2.28. The van der Waals surface area contributed by atoms with Gasteiger partial charge in [-0.2, -0.15) is 0 Å². The maximum atomic E-state index is 13.9. The van der Waals surface area contributed by atoms with E-state index in [-0.39, 0.29) is 22.5 Å². The van der Waals surface area contributed by atoms with E-state index in [0.29, 0.717) is 0 Å². The Hall–Kier alpha value is -0.690. The Morgan fingerprint density at radius 2 is 1.95 bits per heavy atom. The number of sulfonamides is 1. The van der Waals surface area contributed by atoms with Gasteiger partial charge in [-0.25, -0.2) is 17.5 Å². The molecule has 0 aliphatic carbocycles. The van der Waals surface area contributed by atoms with Gasteiger partial charge in [0.25, 0.3) is 0 Å². The van der Waals surface area contributed by atoms with Crippen LogP contribution in [-0.4, -0.2) is 20.1 Å². The molecule has 2 N–H and O–H groups in total. The van der Waals surface area contributed by atoms with E-state index in [1.165, 1.54) is 6.07 Å². The monoisotopic (exact) mass is 309 g/mol. The summed E-state index contributed by atoms with van der Waals surface area (Å²) < 4.78 is 40.3. The van der Waals surface area contributed by atoms with Crippen LogP contribution in [0.1, 0.15) is 26.3 Å². The molecule has 0 saturated carbocycles. The first-order valence-electron chi connectivity index (χ1n) is 5.65. The number of aliphatic hydroxyl groups excluding tert-OH is 1. The summed E-state index contributed by atoms with van der Waals surface area (Å²) in [5.41, 5.74) is -0.425. The molecule has 1 aromatic rings. The van der Waals surface area contributed by atoms with Gasteiger partial charge in [-0.1, -0.05) is 32.4 Å². The van der Waals surface area contributed by atoms with Gasteiger partial charge in [-0.05, 0) is 17.5 Å². The van der Waals surface area contributed by atoms with Gasteiger partial charge < -0.3 is 5.11 Å². The third-order valence-electron chi connectivity index (χ3n) is 2.33. The summed E-state index contributed by atoms with van der Waals surface area (Å²) in [5.74, 6) is -0.978. The van der Waals surface area contributed by atoms with Crippen molar-refractivity contribution in [2.45, 2.75) is 32.3 Å². The molecule has 0 fully saturated rings. The average molecular weight is 310 g/mol. The topological polar surface area (TPSA) is 66.4 Å². The molecule has 4 nitrogen and oxygen atoms in total. The van der Waals surface area contributed by atoms with Crippen LogP contribution >= 0.6 is 11.6 Å². The molecule has 0 amide bonds. The lowest BCUT2D eigenvalue weighted by Gasteiger charge is -2.19. The van der Waals surface area contributed by atoms with Crippen LogP contribution in [-0.2, 0) is 16.6 Å². The molecule has 0 spiro atoms. The molecule has 0 aromatic heterocycles. The highest BCUT2D eigenvalue weighted by Gasteiger charge is 2.24. The van der Waals surface area contributed by atoms with Gasteiger partial charge in [0.05, 0.1) is 6.61 Å². The van der Waals surface area contributed by atoms with Crippen LogP contribution in [0.15, 0.2) is 17.0 Å². The van der Waals surface area contributed by atoms with Crippen LogP contribution in [0.5, 0.6) is 0 Å². The van der Waals surface area contributed by atoms with Gasteiger partial charge in [-0.15, -0.1) is 0 Å². The number of hydrogen-bond donors (Lipinski definition) is 2. The van der Waals surface area contributed by atoms with Crippen molar-refractivity contribution in [2.24, 2.45) is 5.41 Å². The largest absolute Gasteiger partial charge is 0.392 e. The molecule has 0 aliphatic heterocycles. The third kappa shape index (κ3) is 4.42. The smallest absolute Gasteiger partial charge is 0.243 e. The Morgan fingerprint density at radius 3 is 2.42 bits per heavy atom. The number of halogens is 2. The maximum Gasteiger partial charge on any atom is 0.243 e. The van der Waals surface area contributed by atoms with Crippen molar-refractivity contribution in [2.75, 3.05) is 6.54 Å². The number of rotatable bonds is 4. The third-order valence-corrected chi connectivity index (χ3v) is 3.95. The van der Waals surface area contributed by atoms with Crippen molar-refractivity contribution in [3.05, 3.63) is 28.5 Å². The van der Waals surface area contributed by atoms with Gasteiger partial charge in [0, 0.05) is 17.1 Å². The first-order chi connectivity index (χ1) is 8.57. The van der Waals surface area contributed by atoms with Crippen LogP contribution in [0.2, 0.25) is 5.02 Å². The fourth-order valence-electron chi connectivity index (χ4n) is 1.32. The second-order valence-corrected chi connectivity index (χ2v) is 7.59. The summed E-state index contributed by atoms with van der Waals surface area (Å²) in [6.07, 6.45) is 0. The predicted molar refractivity (Wildman–Crippen MR) is 72.0 cm³/mol. The Kier molecular flexibility index (Phi) is 4.95. The molecular formula is C12H17ClFNO3S. The molecule has 1 rings (SSSR count). The lowest BCUT2D eigenvalue weighted by molar-refractivity contribution is 0.274. The van der Waals surface area contributed by atoms with Crippen molar-refractivity contribution in [1.82, 2.24) is 4.72 Å². The minimum Gasteiger partial charge on any atom is -0.392 e. The minimum atomic E-state index is -4.00. The lowest BCUT2D eigenvalue weighted by Crippen LogP contribution is -2.33. The second-order valence-electron chi connectivity index (χ2n) is 5.42. The predicted octanol–water partition coefficient (Wildman–Crippen LogP) is 2.30. The van der Waals surface area contributed by atoms with E-state index in [4.69, 9.17) is 16.7 Å². The maximum absolute atomic E-state index is 13.9. The second kappa shape index (κ2) is 5.75. The van der Waals surface area contributed by atoms with Crippen molar-refractivity contribution in [3.63, 3.8) is 0 Å². The molecule has 0 radical (unpaired) electrons. The van der Waals surface area contributed by atoms with Crippen LogP contribution in [0, 0.1) is 11.2 Å². The molecule has 0 unspecified atom stereocenters. The molecule has 1 aromatic carbocycles. The molecule has 0 bridgehead atoms. The quantitative estimate of drug-likeness (QED) is 0.897. The summed E-state index contributed by atoms with van der Waals surface area (Å²) >= 11 is 5.73. The molecule has 19 heavy (non-hydrogen) atoms. The standard InChI is InChI=1S/C12H17ClFNO3S/c1-12(2,3)7-15-19(17,18)10-5-9(13)4-8(6-16)11(10)14/h4-5,15-16H,6-7H2,1-3H3. The molecule has 108 valence electrons. The Balaban J connectivity index is 3.18. The number of nitrogens with one attached hydrogen (secondary N) is 1. The number of aliphatic hydroxyl groups is 1. The molecule has 0 saturated heterocycles. The van der Waals surface area contributed by atoms with Gasteiger partial charge >= 0.3 is 0 Å². The van der Waals surface area contributed by atoms with Gasteiger partial charge in [0.1, 0.15) is 10.7 Å². The highest BCUT2D eigenvalue weighted by molar-refractivity contribution is 7.89. The summed E-state index contributed by atoms with van der Waals surface area (Å²) in [4.78, 5) is -0.548. The first-order valence-corrected chi connectivity index (χ1v) is 7.51. The van der Waals surface area contributed by atoms with Crippen LogP contribution in [0.25, 0.3) is 0 Å². The van der Waals surface area contributed by atoms with Crippen LogP contribution in [0.4, 0.5) is 4.39 Å². The van der Waals surface area contributed by atoms with E-state index in [9.17, 15) is 12.8 Å². The van der Waals surface area contributed by atoms with E-state index in [2.05, 4.69) is 4.72 Å². The van der Waals surface area contributed by atoms with Crippen molar-refractivity contribution in [3.8, 4) is 0 Å². The van der Waals surface area contributed by atoms with Crippen LogP contribution in [0.3, 0.4) is 0 Å². The van der Waals surface area contributed by atoms with Gasteiger partial charge in [0.15, 0.2) is 0 Å². The van der Waals surface area contributed by atoms with Crippen molar-refractivity contribution in [1.29, 1.82) is 0 Å². The zero-order valence-electron chi connectivity index (χ0n) is 11.0. The van der Waals surface area contributed by atoms with E-state index in [1.807, 2.05) is 20.8 Å². The summed E-state index contributed by atoms with van der Waals surface area (Å²) in [6.45, 7) is 5.10. The number of hydrogen-bond acceptors (Lipinski definition) is 3. The lowest BCUT2D eigenvalue weighted by atomic mass is 9.98. The van der Waals surface area contributed by atoms with Gasteiger partial charge in [0.2, 0.25) is 10.0 Å². The molecule has 0 heterocycles. The highest BCUT2D eigenvalue weighted by atomic mass is 35.5. The Bertz CT molecular complexity index is 567. The molecular weight excluding hydrogens is 293 g/mol. The Morgan fingerprint density at radius 1 is 1.37 bits per heavy atom.